The summed E-state index contributed by atoms with van der Waals surface area (Å²) in [6, 6.07) is 3.48. The van der Waals surface area contributed by atoms with E-state index in [-0.39, 0.29) is 10.5 Å². The number of Topliss-reactive ketones (excluding diaryl/α,β-unsaturated/α-hetero) is 1. The maximum absolute atomic E-state index is 12.2. The number of carbonyl (C=O) groups excluding carboxylic acids is 1. The van der Waals surface area contributed by atoms with Crippen LogP contribution in [0.25, 0.3) is 0 Å². The van der Waals surface area contributed by atoms with Gasteiger partial charge >= 0.3 is 0 Å². The van der Waals surface area contributed by atoms with Gasteiger partial charge in [0.05, 0.1) is 6.26 Å². The molecular formula is C12H14O2S2. The molecule has 2 nitrogen and oxygen atoms in total. The Morgan fingerprint density at radius 2 is 2.31 bits per heavy atom. The Bertz CT molecular complexity index is 430. The predicted molar refractivity (Wildman–Crippen MR) is 69.9 cm³/mol. The molecule has 0 atom stereocenters. The van der Waals surface area contributed by atoms with Crippen molar-refractivity contribution in [2.24, 2.45) is 0 Å². The van der Waals surface area contributed by atoms with Crippen molar-refractivity contribution in [1.82, 2.24) is 0 Å². The van der Waals surface area contributed by atoms with Crippen LogP contribution in [0.15, 0.2) is 32.6 Å². The van der Waals surface area contributed by atoms with Crippen molar-refractivity contribution in [1.29, 1.82) is 0 Å². The molecule has 0 spiro atoms. The van der Waals surface area contributed by atoms with Crippen molar-refractivity contribution in [3.63, 3.8) is 0 Å². The third-order valence-corrected chi connectivity index (χ3v) is 4.92. The third-order valence-electron chi connectivity index (χ3n) is 2.42. The summed E-state index contributed by atoms with van der Waals surface area (Å²) >= 11 is 3.43. The van der Waals surface area contributed by atoms with E-state index in [4.69, 9.17) is 4.42 Å². The SMILES string of the molecule is CSC1=C(C(=O)c2ccco2)CC(C)(C)S1. The molecule has 0 aliphatic carbocycles. The first-order valence-electron chi connectivity index (χ1n) is 5.08. The highest BCUT2D eigenvalue weighted by molar-refractivity contribution is 8.22. The van der Waals surface area contributed by atoms with Crippen LogP contribution in [0.2, 0.25) is 0 Å². The average Bonchev–Trinajstić information content (AvgIpc) is 2.83. The fourth-order valence-corrected chi connectivity index (χ4v) is 4.17. The van der Waals surface area contributed by atoms with E-state index in [1.807, 2.05) is 6.26 Å². The first-order chi connectivity index (χ1) is 7.53. The minimum absolute atomic E-state index is 0.0347. The van der Waals surface area contributed by atoms with E-state index in [9.17, 15) is 4.79 Å². The van der Waals surface area contributed by atoms with Crippen molar-refractivity contribution >= 4 is 29.3 Å². The topological polar surface area (TPSA) is 30.2 Å². The Morgan fingerprint density at radius 3 is 2.88 bits per heavy atom. The van der Waals surface area contributed by atoms with E-state index >= 15 is 0 Å². The van der Waals surface area contributed by atoms with Crippen LogP contribution < -0.4 is 0 Å². The van der Waals surface area contributed by atoms with E-state index in [1.54, 1.807) is 41.9 Å². The second-order valence-electron chi connectivity index (χ2n) is 4.32. The normalized spacial score (nSPS) is 19.2. The van der Waals surface area contributed by atoms with Crippen molar-refractivity contribution in [2.45, 2.75) is 25.0 Å². The Balaban J connectivity index is 2.30. The lowest BCUT2D eigenvalue weighted by Crippen LogP contribution is -2.12. The number of thioether (sulfide) groups is 2. The van der Waals surface area contributed by atoms with Crippen LogP contribution in [-0.2, 0) is 0 Å². The quantitative estimate of drug-likeness (QED) is 0.764. The van der Waals surface area contributed by atoms with Crippen LogP contribution in [-0.4, -0.2) is 16.8 Å². The first kappa shape index (κ1) is 11.9. The van der Waals surface area contributed by atoms with E-state index in [2.05, 4.69) is 13.8 Å². The monoisotopic (exact) mass is 254 g/mol. The Kier molecular flexibility index (Phi) is 3.22. The number of furan rings is 1. The lowest BCUT2D eigenvalue weighted by Gasteiger charge is -2.15. The highest BCUT2D eigenvalue weighted by atomic mass is 32.2. The number of rotatable bonds is 3. The maximum atomic E-state index is 12.2. The minimum Gasteiger partial charge on any atom is -0.461 e. The predicted octanol–water partition coefficient (Wildman–Crippen LogP) is 3.95. The molecule has 0 N–H and O–H groups in total. The summed E-state index contributed by atoms with van der Waals surface area (Å²) < 4.78 is 6.42. The molecule has 1 aromatic rings. The summed E-state index contributed by atoms with van der Waals surface area (Å²) in [7, 11) is 0. The van der Waals surface area contributed by atoms with E-state index < -0.39 is 0 Å². The van der Waals surface area contributed by atoms with Crippen LogP contribution in [0, 0.1) is 0 Å². The van der Waals surface area contributed by atoms with Gasteiger partial charge in [0.1, 0.15) is 0 Å². The van der Waals surface area contributed by atoms with Gasteiger partial charge in [-0.15, -0.1) is 23.5 Å². The van der Waals surface area contributed by atoms with Gasteiger partial charge in [0.25, 0.3) is 0 Å². The largest absolute Gasteiger partial charge is 0.461 e. The molecular weight excluding hydrogens is 240 g/mol. The maximum Gasteiger partial charge on any atom is 0.225 e. The van der Waals surface area contributed by atoms with Crippen LogP contribution in [0.1, 0.15) is 30.8 Å². The molecule has 0 radical (unpaired) electrons. The Hall–Kier alpha value is -0.610. The van der Waals surface area contributed by atoms with Crippen molar-refractivity contribution in [3.05, 3.63) is 34.0 Å². The minimum atomic E-state index is 0.0347. The smallest absolute Gasteiger partial charge is 0.225 e. The lowest BCUT2D eigenvalue weighted by molar-refractivity contribution is 0.1000. The number of ketones is 1. The van der Waals surface area contributed by atoms with Gasteiger partial charge in [-0.3, -0.25) is 4.79 Å². The van der Waals surface area contributed by atoms with Crippen LogP contribution >= 0.6 is 23.5 Å². The van der Waals surface area contributed by atoms with Gasteiger partial charge in [-0.25, -0.2) is 0 Å². The molecule has 0 amide bonds. The van der Waals surface area contributed by atoms with Gasteiger partial charge < -0.3 is 4.42 Å². The van der Waals surface area contributed by atoms with E-state index in [0.29, 0.717) is 5.76 Å². The third kappa shape index (κ3) is 2.23. The number of carbonyl (C=O) groups is 1. The molecule has 1 aromatic heterocycles. The summed E-state index contributed by atoms with van der Waals surface area (Å²) in [4.78, 5) is 12.2. The van der Waals surface area contributed by atoms with Crippen molar-refractivity contribution in [2.75, 3.05) is 6.26 Å². The molecule has 0 bridgehead atoms. The van der Waals surface area contributed by atoms with Gasteiger partial charge in [0, 0.05) is 14.6 Å². The van der Waals surface area contributed by atoms with Gasteiger partial charge in [-0.05, 0) is 24.8 Å². The van der Waals surface area contributed by atoms with Gasteiger partial charge in [-0.2, -0.15) is 0 Å². The number of hydrogen-bond acceptors (Lipinski definition) is 4. The summed E-state index contributed by atoms with van der Waals surface area (Å²) in [5.41, 5.74) is 0.900. The zero-order chi connectivity index (χ0) is 11.8. The second-order valence-corrected chi connectivity index (χ2v) is 7.11. The van der Waals surface area contributed by atoms with Gasteiger partial charge in [-0.1, -0.05) is 13.8 Å². The summed E-state index contributed by atoms with van der Waals surface area (Å²) in [5.74, 6) is 0.479. The molecule has 1 aliphatic heterocycles. The highest BCUT2D eigenvalue weighted by Gasteiger charge is 2.35. The zero-order valence-corrected chi connectivity index (χ0v) is 11.2. The fraction of sp³-hybridized carbons (Fsp3) is 0.417. The summed E-state index contributed by atoms with van der Waals surface area (Å²) in [5, 5.41) is 0. The standard InChI is InChI=1S/C12H14O2S2/c1-12(2)7-8(11(15-3)16-12)10(13)9-5-4-6-14-9/h4-6H,7H2,1-3H3. The van der Waals surface area contributed by atoms with Crippen molar-refractivity contribution < 1.29 is 9.21 Å². The van der Waals surface area contributed by atoms with Crippen molar-refractivity contribution in [3.8, 4) is 0 Å². The molecule has 0 saturated heterocycles. The van der Waals surface area contributed by atoms with Gasteiger partial charge in [0.2, 0.25) is 5.78 Å². The van der Waals surface area contributed by atoms with E-state index in [1.165, 1.54) is 0 Å². The Morgan fingerprint density at radius 1 is 1.56 bits per heavy atom. The molecule has 4 heteroatoms. The first-order valence-corrected chi connectivity index (χ1v) is 7.12. The zero-order valence-electron chi connectivity index (χ0n) is 9.57. The molecule has 0 unspecified atom stereocenters. The molecule has 0 saturated carbocycles. The average molecular weight is 254 g/mol. The molecule has 2 rings (SSSR count). The number of allylic oxidation sites excluding steroid dienone is 1. The summed E-state index contributed by atoms with van der Waals surface area (Å²) in [6.07, 6.45) is 4.37. The Labute approximate surface area is 104 Å². The molecule has 0 aromatic carbocycles. The molecule has 2 heterocycles. The van der Waals surface area contributed by atoms with Gasteiger partial charge in [0.15, 0.2) is 5.76 Å². The lowest BCUT2D eigenvalue weighted by atomic mass is 10.00. The van der Waals surface area contributed by atoms with Crippen LogP contribution in [0.5, 0.6) is 0 Å². The van der Waals surface area contributed by atoms with Crippen LogP contribution in [0.3, 0.4) is 0 Å². The molecule has 86 valence electrons. The van der Waals surface area contributed by atoms with Crippen LogP contribution in [0.4, 0.5) is 0 Å². The molecule has 0 fully saturated rings. The molecule has 1 aliphatic rings. The summed E-state index contributed by atoms with van der Waals surface area (Å²) in [6.45, 7) is 4.33. The highest BCUT2D eigenvalue weighted by Crippen LogP contribution is 2.50. The van der Waals surface area contributed by atoms with E-state index in [0.717, 1.165) is 16.2 Å². The second kappa shape index (κ2) is 4.34. The fourth-order valence-electron chi connectivity index (χ4n) is 1.74. The molecule has 16 heavy (non-hydrogen) atoms. The number of hydrogen-bond donors (Lipinski definition) is 0.